The summed E-state index contributed by atoms with van der Waals surface area (Å²) in [5, 5.41) is 17.8. The Hall–Kier alpha value is -3.47. The number of aromatic nitrogens is 2. The molecule has 1 amide bonds. The van der Waals surface area contributed by atoms with Gasteiger partial charge >= 0.3 is 0 Å². The van der Waals surface area contributed by atoms with Crippen LogP contribution in [-0.2, 0) is 17.8 Å². The van der Waals surface area contributed by atoms with Crippen LogP contribution in [0.3, 0.4) is 0 Å². The number of benzene rings is 1. The molecular formula is C26H29N5O5. The molecule has 188 valence electrons. The highest BCUT2D eigenvalue weighted by Gasteiger charge is 2.31. The van der Waals surface area contributed by atoms with Crippen LogP contribution in [0.4, 0.5) is 5.82 Å². The predicted octanol–water partition coefficient (Wildman–Crippen LogP) is 1.36. The number of nitrogens with zero attached hydrogens (tertiary/aromatic N) is 3. The molecule has 1 aromatic carbocycles. The number of ether oxygens (including phenoxy) is 3. The molecule has 0 unspecified atom stereocenters. The van der Waals surface area contributed by atoms with Gasteiger partial charge < -0.3 is 34.9 Å². The minimum atomic E-state index is -0.389. The zero-order valence-electron chi connectivity index (χ0n) is 19.9. The van der Waals surface area contributed by atoms with Gasteiger partial charge in [0.15, 0.2) is 29.7 Å². The highest BCUT2D eigenvalue weighted by Crippen LogP contribution is 2.39. The van der Waals surface area contributed by atoms with Crippen LogP contribution in [0.2, 0.25) is 0 Å². The van der Waals surface area contributed by atoms with E-state index in [1.165, 1.54) is 5.56 Å². The van der Waals surface area contributed by atoms with Crippen LogP contribution in [-0.4, -0.2) is 78.0 Å². The summed E-state index contributed by atoms with van der Waals surface area (Å²) < 4.78 is 17.1. The van der Waals surface area contributed by atoms with Crippen molar-refractivity contribution in [1.29, 1.82) is 0 Å². The molecule has 36 heavy (non-hydrogen) atoms. The van der Waals surface area contributed by atoms with Crippen molar-refractivity contribution in [1.82, 2.24) is 20.2 Å². The molecule has 3 aliphatic rings. The van der Waals surface area contributed by atoms with Gasteiger partial charge in [-0.15, -0.1) is 0 Å². The molecule has 10 heteroatoms. The first-order valence-electron chi connectivity index (χ1n) is 12.3. The Labute approximate surface area is 208 Å². The molecule has 0 bridgehead atoms. The monoisotopic (exact) mass is 491 g/mol. The summed E-state index contributed by atoms with van der Waals surface area (Å²) in [6.07, 6.45) is 2.28. The summed E-state index contributed by atoms with van der Waals surface area (Å²) in [6.45, 7) is 4.63. The molecule has 10 nitrogen and oxygen atoms in total. The molecule has 3 N–H and O–H groups in total. The number of carbonyl (C=O) groups is 1. The van der Waals surface area contributed by atoms with Crippen molar-refractivity contribution in [3.63, 3.8) is 0 Å². The van der Waals surface area contributed by atoms with Crippen molar-refractivity contribution in [2.24, 2.45) is 5.92 Å². The standard InChI is InChI=1S/C26H29N5O5/c32-20-14-31(8-6-16-5-7-28-19-2-4-21-25(24(16)19)35-10-9-34-21)13-17(20)11-27-12-18-1-3-22-26(29-18)30-23(33)15-36-22/h1-5,7,17,20,27,32H,6,8-15H2,(H,29,30,33)/t17-,20+/m0/s1. The lowest BCUT2D eigenvalue weighted by Gasteiger charge is -2.22. The second kappa shape index (κ2) is 9.88. The van der Waals surface area contributed by atoms with Crippen LogP contribution in [0, 0.1) is 5.92 Å². The lowest BCUT2D eigenvalue weighted by molar-refractivity contribution is -0.118. The second-order valence-corrected chi connectivity index (χ2v) is 9.41. The van der Waals surface area contributed by atoms with E-state index in [1.54, 1.807) is 0 Å². The Balaban J connectivity index is 1.04. The lowest BCUT2D eigenvalue weighted by atomic mass is 10.0. The van der Waals surface area contributed by atoms with E-state index < -0.39 is 0 Å². The van der Waals surface area contributed by atoms with Crippen LogP contribution in [0.15, 0.2) is 36.5 Å². The first-order valence-corrected chi connectivity index (χ1v) is 12.3. The number of β-amino-alcohol motifs (C(OH)–C–C–N with tert-alkyl or cyclic N) is 1. The first-order chi connectivity index (χ1) is 17.6. The number of amides is 1. The third-order valence-corrected chi connectivity index (χ3v) is 6.92. The average Bonchev–Trinajstić information content (AvgIpc) is 3.26. The van der Waals surface area contributed by atoms with E-state index >= 15 is 0 Å². The molecule has 3 aliphatic heterocycles. The maximum Gasteiger partial charge on any atom is 0.263 e. The van der Waals surface area contributed by atoms with Gasteiger partial charge in [0.2, 0.25) is 0 Å². The van der Waals surface area contributed by atoms with Gasteiger partial charge in [0.1, 0.15) is 13.2 Å². The number of fused-ring (bicyclic) bond motifs is 4. The molecule has 0 saturated carbocycles. The van der Waals surface area contributed by atoms with E-state index in [0.29, 0.717) is 44.4 Å². The van der Waals surface area contributed by atoms with E-state index in [-0.39, 0.29) is 24.5 Å². The van der Waals surface area contributed by atoms with Crippen LogP contribution in [0.25, 0.3) is 10.9 Å². The number of carbonyl (C=O) groups excluding carboxylic acids is 1. The number of aliphatic hydroxyl groups excluding tert-OH is 1. The molecule has 6 rings (SSSR count). The largest absolute Gasteiger partial charge is 0.486 e. The summed E-state index contributed by atoms with van der Waals surface area (Å²) in [6, 6.07) is 9.65. The average molecular weight is 492 g/mol. The molecule has 0 spiro atoms. The Morgan fingerprint density at radius 1 is 1.08 bits per heavy atom. The maximum atomic E-state index is 11.5. The highest BCUT2D eigenvalue weighted by molar-refractivity contribution is 5.94. The molecular weight excluding hydrogens is 462 g/mol. The van der Waals surface area contributed by atoms with Crippen molar-refractivity contribution in [2.45, 2.75) is 19.1 Å². The number of rotatable bonds is 7. The van der Waals surface area contributed by atoms with E-state index in [0.717, 1.165) is 47.6 Å². The van der Waals surface area contributed by atoms with Crippen molar-refractivity contribution in [3.05, 3.63) is 47.8 Å². The van der Waals surface area contributed by atoms with E-state index in [4.69, 9.17) is 14.2 Å². The zero-order chi connectivity index (χ0) is 24.5. The third kappa shape index (κ3) is 4.67. The summed E-state index contributed by atoms with van der Waals surface area (Å²) in [5.74, 6) is 2.53. The summed E-state index contributed by atoms with van der Waals surface area (Å²) in [7, 11) is 0. The number of likely N-dealkylation sites (tertiary alicyclic amines) is 1. The molecule has 1 fully saturated rings. The molecule has 3 aromatic rings. The number of aliphatic hydroxyl groups is 1. The van der Waals surface area contributed by atoms with Crippen molar-refractivity contribution < 1.29 is 24.1 Å². The number of anilines is 1. The maximum absolute atomic E-state index is 11.5. The van der Waals surface area contributed by atoms with Crippen LogP contribution in [0.5, 0.6) is 17.2 Å². The minimum Gasteiger partial charge on any atom is -0.486 e. The quantitative estimate of drug-likeness (QED) is 0.450. The van der Waals surface area contributed by atoms with E-state index in [1.807, 2.05) is 36.5 Å². The minimum absolute atomic E-state index is 0.0180. The molecule has 1 saturated heterocycles. The lowest BCUT2D eigenvalue weighted by Crippen LogP contribution is -2.31. The first kappa shape index (κ1) is 23.0. The Kier molecular flexibility index (Phi) is 6.30. The summed E-state index contributed by atoms with van der Waals surface area (Å²) in [4.78, 5) is 22.8. The van der Waals surface area contributed by atoms with Gasteiger partial charge in [-0.3, -0.25) is 9.78 Å². The third-order valence-electron chi connectivity index (χ3n) is 6.92. The fourth-order valence-electron chi connectivity index (χ4n) is 5.11. The molecule has 0 aliphatic carbocycles. The van der Waals surface area contributed by atoms with Crippen molar-refractivity contribution in [3.8, 4) is 17.2 Å². The van der Waals surface area contributed by atoms with Crippen molar-refractivity contribution >= 4 is 22.6 Å². The number of pyridine rings is 2. The van der Waals surface area contributed by atoms with Gasteiger partial charge in [-0.05, 0) is 42.3 Å². The second-order valence-electron chi connectivity index (χ2n) is 9.41. The Morgan fingerprint density at radius 2 is 1.97 bits per heavy atom. The van der Waals surface area contributed by atoms with Crippen molar-refractivity contribution in [2.75, 3.05) is 51.3 Å². The van der Waals surface area contributed by atoms with E-state index in [9.17, 15) is 9.90 Å². The van der Waals surface area contributed by atoms with Gasteiger partial charge in [-0.2, -0.15) is 0 Å². The zero-order valence-corrected chi connectivity index (χ0v) is 19.9. The SMILES string of the molecule is O=C1COc2ccc(CNC[C@H]3CN(CCc4ccnc5ccc6c(c45)OCCO6)C[C@H]3O)nc2N1. The molecule has 5 heterocycles. The normalized spacial score (nSPS) is 21.2. The fraction of sp³-hybridized carbons (Fsp3) is 0.423. The van der Waals surface area contributed by atoms with Gasteiger partial charge in [0, 0.05) is 50.2 Å². The summed E-state index contributed by atoms with van der Waals surface area (Å²) in [5.41, 5.74) is 2.89. The predicted molar refractivity (Wildman–Crippen MR) is 132 cm³/mol. The van der Waals surface area contributed by atoms with Gasteiger partial charge in [0.25, 0.3) is 5.91 Å². The van der Waals surface area contributed by atoms with Crippen LogP contribution >= 0.6 is 0 Å². The fourth-order valence-corrected chi connectivity index (χ4v) is 5.11. The van der Waals surface area contributed by atoms with Crippen LogP contribution < -0.4 is 24.8 Å². The number of hydrogen-bond donors (Lipinski definition) is 3. The number of hydrogen-bond acceptors (Lipinski definition) is 9. The van der Waals surface area contributed by atoms with Gasteiger partial charge in [0.05, 0.1) is 17.3 Å². The van der Waals surface area contributed by atoms with E-state index in [2.05, 4.69) is 25.5 Å². The van der Waals surface area contributed by atoms with Gasteiger partial charge in [-0.25, -0.2) is 4.98 Å². The molecule has 0 radical (unpaired) electrons. The molecule has 2 aromatic heterocycles. The Morgan fingerprint density at radius 3 is 2.92 bits per heavy atom. The topological polar surface area (TPSA) is 118 Å². The summed E-state index contributed by atoms with van der Waals surface area (Å²) >= 11 is 0. The smallest absolute Gasteiger partial charge is 0.263 e. The Bertz CT molecular complexity index is 1290. The van der Waals surface area contributed by atoms with Gasteiger partial charge in [-0.1, -0.05) is 0 Å². The number of nitrogens with one attached hydrogen (secondary N) is 2. The molecule has 2 atom stereocenters. The van der Waals surface area contributed by atoms with Crippen LogP contribution in [0.1, 0.15) is 11.3 Å². The highest BCUT2D eigenvalue weighted by atomic mass is 16.6.